The zero-order valence-corrected chi connectivity index (χ0v) is 41.9. The van der Waals surface area contributed by atoms with Crippen molar-refractivity contribution in [3.05, 3.63) is 85.1 Å². The van der Waals surface area contributed by atoms with Crippen LogP contribution in [0.25, 0.3) is 0 Å². The highest BCUT2D eigenvalue weighted by molar-refractivity contribution is 5.77. The summed E-state index contributed by atoms with van der Waals surface area (Å²) >= 11 is 0. The van der Waals surface area contributed by atoms with E-state index in [0.717, 1.165) is 70.6 Å². The van der Waals surface area contributed by atoms with Gasteiger partial charge in [-0.3, -0.25) is 9.59 Å². The zero-order valence-electron chi connectivity index (χ0n) is 41.9. The van der Waals surface area contributed by atoms with Crippen molar-refractivity contribution in [3.8, 4) is 0 Å². The second-order valence-electron chi connectivity index (χ2n) is 18.0. The Hall–Kier alpha value is -2.96. The number of nitrogens with one attached hydrogen (secondary N) is 1. The summed E-state index contributed by atoms with van der Waals surface area (Å²) in [4.78, 5) is 26.2. The highest BCUT2D eigenvalue weighted by Crippen LogP contribution is 2.18. The van der Waals surface area contributed by atoms with E-state index in [0.29, 0.717) is 19.3 Å². The van der Waals surface area contributed by atoms with E-state index in [1.807, 2.05) is 48.6 Å². The van der Waals surface area contributed by atoms with Crippen LogP contribution in [0.4, 0.5) is 0 Å². The van der Waals surface area contributed by atoms with Crippen molar-refractivity contribution in [3.63, 3.8) is 0 Å². The highest BCUT2D eigenvalue weighted by atomic mass is 16.5. The fraction of sp³-hybridized carbons (Fsp3) is 0.724. The van der Waals surface area contributed by atoms with Crippen molar-refractivity contribution in [1.82, 2.24) is 5.32 Å². The Morgan fingerprint density at radius 3 is 1.33 bits per heavy atom. The lowest BCUT2D eigenvalue weighted by atomic mass is 10.0. The highest BCUT2D eigenvalue weighted by Gasteiger charge is 2.24. The first-order chi connectivity index (χ1) is 31.5. The van der Waals surface area contributed by atoms with Gasteiger partial charge in [-0.15, -0.1) is 0 Å². The fourth-order valence-electron chi connectivity index (χ4n) is 7.81. The van der Waals surface area contributed by atoms with E-state index in [1.54, 1.807) is 0 Å². The Bertz CT molecular complexity index is 1230. The summed E-state index contributed by atoms with van der Waals surface area (Å²) in [5.74, 6) is -0.530. The van der Waals surface area contributed by atoms with E-state index < -0.39 is 18.2 Å². The number of ether oxygens (including phenoxy) is 1. The number of carbonyl (C=O) groups excluding carboxylic acids is 2. The second kappa shape index (κ2) is 51.0. The molecule has 0 saturated carbocycles. The SMILES string of the molecule is CC\C=C/C=C/C=C/C=C\C=C\C=C\CCCCCC(=O)OC(CCCCCCCCC/C=C/CCCCCCCC)CC(=O)NC(CO)C(O)CCCCCCCCCCCCC. The van der Waals surface area contributed by atoms with Gasteiger partial charge in [0.1, 0.15) is 6.10 Å². The predicted octanol–water partition coefficient (Wildman–Crippen LogP) is 16.3. The number of rotatable bonds is 47. The molecule has 368 valence electrons. The summed E-state index contributed by atoms with van der Waals surface area (Å²) in [5.41, 5.74) is 0. The van der Waals surface area contributed by atoms with Crippen LogP contribution in [0, 0.1) is 0 Å². The topological polar surface area (TPSA) is 95.9 Å². The average Bonchev–Trinajstić information content (AvgIpc) is 3.29. The fourth-order valence-corrected chi connectivity index (χ4v) is 7.81. The number of esters is 1. The summed E-state index contributed by atoms with van der Waals surface area (Å²) in [6.07, 6.45) is 66.4. The van der Waals surface area contributed by atoms with Gasteiger partial charge in [-0.1, -0.05) is 247 Å². The quantitative estimate of drug-likeness (QED) is 0.0245. The van der Waals surface area contributed by atoms with Gasteiger partial charge in [0.25, 0.3) is 0 Å². The van der Waals surface area contributed by atoms with Gasteiger partial charge >= 0.3 is 5.97 Å². The standard InChI is InChI=1S/C58H101NO5/c1-4-7-10-13-16-19-22-24-26-28-30-32-35-37-40-43-46-49-54(52-57(62)59-55(53-60)56(61)50-47-44-41-38-34-21-18-15-12-9-6-3)64-58(63)51-48-45-42-39-36-33-31-29-27-25-23-20-17-14-11-8-5-2/h8,11,14,17,20,23-27,29,31,33,36,54-56,60-61H,4-7,9-10,12-13,15-16,18-19,21-22,28,30,32,34-35,37-53H2,1-3H3,(H,59,62)/b11-8-,17-14+,23-20+,26-24+,27-25-,31-29+,36-33+. The largest absolute Gasteiger partial charge is 0.462 e. The molecule has 0 aromatic carbocycles. The lowest BCUT2D eigenvalue weighted by Crippen LogP contribution is -2.46. The van der Waals surface area contributed by atoms with Crippen molar-refractivity contribution in [2.24, 2.45) is 0 Å². The van der Waals surface area contributed by atoms with Crippen molar-refractivity contribution in [2.45, 2.75) is 264 Å². The molecule has 0 aliphatic heterocycles. The second-order valence-corrected chi connectivity index (χ2v) is 18.0. The lowest BCUT2D eigenvalue weighted by molar-refractivity contribution is -0.151. The van der Waals surface area contributed by atoms with Gasteiger partial charge in [0.15, 0.2) is 0 Å². The molecular formula is C58H101NO5. The van der Waals surface area contributed by atoms with Gasteiger partial charge in [-0.25, -0.2) is 0 Å². The summed E-state index contributed by atoms with van der Waals surface area (Å²) in [7, 11) is 0. The van der Waals surface area contributed by atoms with Crippen LogP contribution in [-0.2, 0) is 14.3 Å². The summed E-state index contributed by atoms with van der Waals surface area (Å²) in [6, 6.07) is -0.716. The Morgan fingerprint density at radius 2 is 0.859 bits per heavy atom. The molecule has 0 radical (unpaired) electrons. The number of amides is 1. The Morgan fingerprint density at radius 1 is 0.469 bits per heavy atom. The minimum Gasteiger partial charge on any atom is -0.462 e. The predicted molar refractivity (Wildman–Crippen MR) is 278 cm³/mol. The van der Waals surface area contributed by atoms with Crippen LogP contribution in [0.5, 0.6) is 0 Å². The van der Waals surface area contributed by atoms with Crippen molar-refractivity contribution >= 4 is 11.9 Å². The van der Waals surface area contributed by atoms with Gasteiger partial charge in [0.2, 0.25) is 5.91 Å². The Kier molecular flexibility index (Phi) is 48.7. The number of unbranched alkanes of at least 4 members (excludes halogenated alkanes) is 26. The van der Waals surface area contributed by atoms with Gasteiger partial charge in [-0.05, 0) is 70.6 Å². The average molecular weight is 892 g/mol. The lowest BCUT2D eigenvalue weighted by Gasteiger charge is -2.24. The van der Waals surface area contributed by atoms with E-state index in [9.17, 15) is 19.8 Å². The van der Waals surface area contributed by atoms with Crippen molar-refractivity contribution in [2.75, 3.05) is 6.61 Å². The van der Waals surface area contributed by atoms with Gasteiger partial charge in [-0.2, -0.15) is 0 Å². The van der Waals surface area contributed by atoms with E-state index in [2.05, 4.69) is 62.5 Å². The van der Waals surface area contributed by atoms with Crippen molar-refractivity contribution in [1.29, 1.82) is 0 Å². The first-order valence-corrected chi connectivity index (χ1v) is 26.9. The van der Waals surface area contributed by atoms with E-state index in [-0.39, 0.29) is 24.9 Å². The molecule has 0 rings (SSSR count). The molecule has 64 heavy (non-hydrogen) atoms. The minimum atomic E-state index is -0.800. The monoisotopic (exact) mass is 892 g/mol. The molecule has 0 aromatic heterocycles. The third-order valence-electron chi connectivity index (χ3n) is 11.9. The number of allylic oxidation sites excluding steroid dienone is 14. The van der Waals surface area contributed by atoms with Crippen LogP contribution in [0.2, 0.25) is 0 Å². The number of aliphatic hydroxyl groups excluding tert-OH is 2. The van der Waals surface area contributed by atoms with Gasteiger partial charge < -0.3 is 20.3 Å². The van der Waals surface area contributed by atoms with Crippen LogP contribution in [-0.4, -0.2) is 46.9 Å². The number of aliphatic hydroxyl groups is 2. The third kappa shape index (κ3) is 45.6. The normalized spacial score (nSPS) is 13.9. The number of hydrogen-bond acceptors (Lipinski definition) is 5. The van der Waals surface area contributed by atoms with Crippen LogP contribution < -0.4 is 5.32 Å². The van der Waals surface area contributed by atoms with Crippen LogP contribution in [0.1, 0.15) is 245 Å². The maximum absolute atomic E-state index is 13.2. The maximum Gasteiger partial charge on any atom is 0.306 e. The molecule has 3 N–H and O–H groups in total. The molecule has 0 aromatic rings. The molecule has 6 heteroatoms. The summed E-state index contributed by atoms with van der Waals surface area (Å²) in [5, 5.41) is 23.8. The first-order valence-electron chi connectivity index (χ1n) is 26.9. The molecule has 0 fully saturated rings. The van der Waals surface area contributed by atoms with Gasteiger partial charge in [0.05, 0.1) is 25.2 Å². The zero-order chi connectivity index (χ0) is 46.7. The van der Waals surface area contributed by atoms with Crippen LogP contribution in [0.15, 0.2) is 85.1 Å². The smallest absolute Gasteiger partial charge is 0.306 e. The Balaban J connectivity index is 4.69. The summed E-state index contributed by atoms with van der Waals surface area (Å²) in [6.45, 7) is 6.32. The first kappa shape index (κ1) is 61.0. The maximum atomic E-state index is 13.2. The molecule has 0 heterocycles. The van der Waals surface area contributed by atoms with E-state index in [1.165, 1.54) is 128 Å². The van der Waals surface area contributed by atoms with Gasteiger partial charge in [0, 0.05) is 6.42 Å². The molecule has 3 unspecified atom stereocenters. The minimum absolute atomic E-state index is 0.0528. The molecule has 6 nitrogen and oxygen atoms in total. The molecule has 1 amide bonds. The molecule has 0 aliphatic carbocycles. The summed E-state index contributed by atoms with van der Waals surface area (Å²) < 4.78 is 5.93. The number of carbonyl (C=O) groups is 2. The Labute approximate surface area is 395 Å². The molecule has 3 atom stereocenters. The van der Waals surface area contributed by atoms with Crippen LogP contribution in [0.3, 0.4) is 0 Å². The van der Waals surface area contributed by atoms with Crippen LogP contribution >= 0.6 is 0 Å². The number of hydrogen-bond donors (Lipinski definition) is 3. The van der Waals surface area contributed by atoms with Crippen molar-refractivity contribution < 1.29 is 24.5 Å². The van der Waals surface area contributed by atoms with E-state index >= 15 is 0 Å². The third-order valence-corrected chi connectivity index (χ3v) is 11.9. The molecule has 0 bridgehead atoms. The molecule has 0 aliphatic rings. The molecule has 0 saturated heterocycles. The molecular weight excluding hydrogens is 791 g/mol. The molecule has 0 spiro atoms. The van der Waals surface area contributed by atoms with E-state index in [4.69, 9.17) is 4.74 Å².